The maximum atomic E-state index is 6.52. The Morgan fingerprint density at radius 1 is 1.19 bits per heavy atom. The number of pyridine rings is 1. The van der Waals surface area contributed by atoms with Gasteiger partial charge in [0.15, 0.2) is 0 Å². The number of aryl methyl sites for hydroxylation is 1. The van der Waals surface area contributed by atoms with E-state index in [-0.39, 0.29) is 6.10 Å². The summed E-state index contributed by atoms with van der Waals surface area (Å²) in [7, 11) is 0. The summed E-state index contributed by atoms with van der Waals surface area (Å²) in [5, 5.41) is 3.56. The molecule has 0 amide bonds. The average molecular weight is 436 g/mol. The van der Waals surface area contributed by atoms with Crippen LogP contribution in [0.5, 0.6) is 5.75 Å². The van der Waals surface area contributed by atoms with Gasteiger partial charge in [0.05, 0.1) is 25.0 Å². The van der Waals surface area contributed by atoms with E-state index in [1.165, 1.54) is 5.56 Å². The molecule has 32 heavy (non-hydrogen) atoms. The van der Waals surface area contributed by atoms with Crippen LogP contribution in [0.25, 0.3) is 0 Å². The molecular weight excluding hydrogens is 402 g/mol. The molecule has 4 rings (SSSR count). The van der Waals surface area contributed by atoms with Crippen LogP contribution >= 0.6 is 0 Å². The molecule has 1 saturated carbocycles. The van der Waals surface area contributed by atoms with Crippen LogP contribution in [0, 0.1) is 6.92 Å². The van der Waals surface area contributed by atoms with E-state index < -0.39 is 0 Å². The average Bonchev–Trinajstić information content (AvgIpc) is 2.83. The molecule has 0 bridgehead atoms. The number of anilines is 2. The fourth-order valence-corrected chi connectivity index (χ4v) is 4.32. The van der Waals surface area contributed by atoms with Gasteiger partial charge >= 0.3 is 0 Å². The SMILES string of the molecule is C=Nc1cc(N2CCOCC2)cc(OC2CCC(Nc3ccc(C)cn3)CC2)c1N=CC. The first kappa shape index (κ1) is 22.3. The molecule has 0 atom stereocenters. The molecule has 0 unspecified atom stereocenters. The van der Waals surface area contributed by atoms with Crippen LogP contribution in [-0.2, 0) is 4.74 Å². The molecule has 170 valence electrons. The van der Waals surface area contributed by atoms with E-state index in [2.05, 4.69) is 51.0 Å². The molecular formula is C25H33N5O2. The Hall–Kier alpha value is -2.93. The predicted octanol–water partition coefficient (Wildman–Crippen LogP) is 5.08. The number of nitrogens with zero attached hydrogens (tertiary/aromatic N) is 4. The van der Waals surface area contributed by atoms with Crippen molar-refractivity contribution in [1.29, 1.82) is 0 Å². The van der Waals surface area contributed by atoms with Crippen LogP contribution in [0.2, 0.25) is 0 Å². The van der Waals surface area contributed by atoms with Crippen molar-refractivity contribution < 1.29 is 9.47 Å². The van der Waals surface area contributed by atoms with Gasteiger partial charge in [-0.1, -0.05) is 6.07 Å². The van der Waals surface area contributed by atoms with Crippen molar-refractivity contribution >= 4 is 35.8 Å². The first-order valence-electron chi connectivity index (χ1n) is 11.5. The standard InChI is InChI=1S/C25H33N5O2/c1-4-27-25-22(26-3)15-20(30-11-13-31-14-12-30)16-23(25)32-21-8-6-19(7-9-21)29-24-10-5-18(2)17-28-24/h4-5,10,15-17,19,21H,3,6-9,11-14H2,1-2H3,(H,28,29). The Bertz CT molecular complexity index is 930. The molecule has 2 fully saturated rings. The molecule has 1 aliphatic heterocycles. The number of rotatable bonds is 7. The van der Waals surface area contributed by atoms with Gasteiger partial charge in [-0.15, -0.1) is 0 Å². The molecule has 7 nitrogen and oxygen atoms in total. The Balaban J connectivity index is 1.45. The Morgan fingerprint density at radius 3 is 2.62 bits per heavy atom. The van der Waals surface area contributed by atoms with Crippen LogP contribution < -0.4 is 15.0 Å². The second-order valence-corrected chi connectivity index (χ2v) is 8.41. The lowest BCUT2D eigenvalue weighted by Crippen LogP contribution is -2.36. The lowest BCUT2D eigenvalue weighted by Gasteiger charge is -2.32. The van der Waals surface area contributed by atoms with Gasteiger partial charge in [0.1, 0.15) is 17.3 Å². The van der Waals surface area contributed by atoms with E-state index in [4.69, 9.17) is 9.47 Å². The van der Waals surface area contributed by atoms with Gasteiger partial charge in [-0.3, -0.25) is 9.98 Å². The van der Waals surface area contributed by atoms with Gasteiger partial charge in [-0.2, -0.15) is 0 Å². The van der Waals surface area contributed by atoms with Gasteiger partial charge < -0.3 is 19.7 Å². The number of nitrogens with one attached hydrogen (secondary N) is 1. The van der Waals surface area contributed by atoms with Gasteiger partial charge in [-0.05, 0) is 63.9 Å². The zero-order valence-electron chi connectivity index (χ0n) is 19.1. The molecule has 0 spiro atoms. The topological polar surface area (TPSA) is 71.3 Å². The number of aromatic nitrogens is 1. The summed E-state index contributed by atoms with van der Waals surface area (Å²) in [5.74, 6) is 1.73. The van der Waals surface area contributed by atoms with Crippen LogP contribution in [0.4, 0.5) is 22.9 Å². The lowest BCUT2D eigenvalue weighted by atomic mass is 9.93. The highest BCUT2D eigenvalue weighted by Gasteiger charge is 2.25. The third-order valence-corrected chi connectivity index (χ3v) is 6.08. The summed E-state index contributed by atoms with van der Waals surface area (Å²) < 4.78 is 12.0. The fourth-order valence-electron chi connectivity index (χ4n) is 4.32. The van der Waals surface area contributed by atoms with E-state index in [0.717, 1.165) is 80.6 Å². The quantitative estimate of drug-likeness (QED) is 0.614. The summed E-state index contributed by atoms with van der Waals surface area (Å²) in [6, 6.07) is 8.70. The molecule has 7 heteroatoms. The predicted molar refractivity (Wildman–Crippen MR) is 132 cm³/mol. The summed E-state index contributed by atoms with van der Waals surface area (Å²) in [4.78, 5) is 15.6. The van der Waals surface area contributed by atoms with Crippen molar-refractivity contribution in [3.8, 4) is 5.75 Å². The molecule has 2 heterocycles. The van der Waals surface area contributed by atoms with Crippen molar-refractivity contribution in [3.05, 3.63) is 36.0 Å². The number of benzene rings is 1. The maximum Gasteiger partial charge on any atom is 0.149 e. The zero-order valence-corrected chi connectivity index (χ0v) is 19.1. The molecule has 1 aromatic heterocycles. The van der Waals surface area contributed by atoms with Crippen molar-refractivity contribution in [2.45, 2.75) is 51.7 Å². The molecule has 2 aliphatic rings. The van der Waals surface area contributed by atoms with E-state index in [9.17, 15) is 0 Å². The third-order valence-electron chi connectivity index (χ3n) is 6.08. The van der Waals surface area contributed by atoms with Crippen LogP contribution in [0.1, 0.15) is 38.2 Å². The van der Waals surface area contributed by atoms with Crippen LogP contribution in [0.15, 0.2) is 40.4 Å². The lowest BCUT2D eigenvalue weighted by molar-refractivity contribution is 0.122. The highest BCUT2D eigenvalue weighted by atomic mass is 16.5. The maximum absolute atomic E-state index is 6.52. The van der Waals surface area contributed by atoms with Gasteiger partial charge in [0, 0.05) is 43.3 Å². The Kier molecular flexibility index (Phi) is 7.37. The monoisotopic (exact) mass is 435 g/mol. The van der Waals surface area contributed by atoms with Gasteiger partial charge in [0.2, 0.25) is 0 Å². The van der Waals surface area contributed by atoms with E-state index >= 15 is 0 Å². The van der Waals surface area contributed by atoms with Crippen LogP contribution in [0.3, 0.4) is 0 Å². The van der Waals surface area contributed by atoms with Crippen molar-refractivity contribution in [3.63, 3.8) is 0 Å². The van der Waals surface area contributed by atoms with E-state index in [0.29, 0.717) is 6.04 Å². The highest BCUT2D eigenvalue weighted by Crippen LogP contribution is 2.43. The largest absolute Gasteiger partial charge is 0.488 e. The molecule has 1 aromatic carbocycles. The highest BCUT2D eigenvalue weighted by molar-refractivity contribution is 5.80. The second kappa shape index (κ2) is 10.6. The first-order chi connectivity index (χ1) is 15.7. The molecule has 2 aromatic rings. The molecule has 1 saturated heterocycles. The summed E-state index contributed by atoms with van der Waals surface area (Å²) in [6.45, 7) is 10.9. The summed E-state index contributed by atoms with van der Waals surface area (Å²) in [6.07, 6.45) is 7.89. The summed E-state index contributed by atoms with van der Waals surface area (Å²) in [5.41, 5.74) is 3.76. The Labute approximate surface area is 190 Å². The molecule has 1 aliphatic carbocycles. The number of hydrogen-bond acceptors (Lipinski definition) is 7. The van der Waals surface area contributed by atoms with Crippen molar-refractivity contribution in [2.24, 2.45) is 9.98 Å². The number of ether oxygens (including phenoxy) is 2. The number of morpholine rings is 1. The van der Waals surface area contributed by atoms with Crippen molar-refractivity contribution in [2.75, 3.05) is 36.5 Å². The van der Waals surface area contributed by atoms with Gasteiger partial charge in [0.25, 0.3) is 0 Å². The molecule has 1 N–H and O–H groups in total. The minimum Gasteiger partial charge on any atom is -0.488 e. The normalized spacial score (nSPS) is 21.5. The zero-order chi connectivity index (χ0) is 22.3. The second-order valence-electron chi connectivity index (χ2n) is 8.41. The third kappa shape index (κ3) is 5.46. The van der Waals surface area contributed by atoms with E-state index in [1.807, 2.05) is 25.3 Å². The van der Waals surface area contributed by atoms with Crippen LogP contribution in [-0.4, -0.2) is 56.4 Å². The smallest absolute Gasteiger partial charge is 0.149 e. The first-order valence-corrected chi connectivity index (χ1v) is 11.5. The van der Waals surface area contributed by atoms with Gasteiger partial charge in [-0.25, -0.2) is 4.98 Å². The minimum absolute atomic E-state index is 0.155. The summed E-state index contributed by atoms with van der Waals surface area (Å²) >= 11 is 0. The van der Waals surface area contributed by atoms with Crippen molar-refractivity contribution in [1.82, 2.24) is 4.98 Å². The van der Waals surface area contributed by atoms with E-state index in [1.54, 1.807) is 6.21 Å². The molecule has 0 radical (unpaired) electrons. The number of aliphatic imine (C=N–C) groups is 2. The number of hydrogen-bond donors (Lipinski definition) is 1. The minimum atomic E-state index is 0.155. The Morgan fingerprint density at radius 2 is 1.97 bits per heavy atom. The fraction of sp³-hybridized carbons (Fsp3) is 0.480.